The minimum absolute atomic E-state index is 0.438. The van der Waals surface area contributed by atoms with Crippen LogP contribution in [0.2, 0.25) is 0 Å². The normalized spacial score (nSPS) is 21.1. The maximum absolute atomic E-state index is 5.68. The number of hydrogen-bond acceptors (Lipinski definition) is 3. The molecule has 4 rings (SSSR count). The highest BCUT2D eigenvalue weighted by atomic mass is 16.3. The van der Waals surface area contributed by atoms with Crippen molar-refractivity contribution in [3.63, 3.8) is 0 Å². The molecule has 0 atom stereocenters. The summed E-state index contributed by atoms with van der Waals surface area (Å²) in [5.74, 6) is 2.71. The molecule has 1 aliphatic carbocycles. The van der Waals surface area contributed by atoms with E-state index in [2.05, 4.69) is 54.1 Å². The Morgan fingerprint density at radius 1 is 1.08 bits per heavy atom. The first-order chi connectivity index (χ1) is 12.2. The lowest BCUT2D eigenvalue weighted by Gasteiger charge is -2.28. The number of pyridine rings is 1. The van der Waals surface area contributed by atoms with Gasteiger partial charge in [0.2, 0.25) is 0 Å². The number of benzene rings is 1. The van der Waals surface area contributed by atoms with Crippen molar-refractivity contribution in [2.75, 3.05) is 0 Å². The Bertz CT molecular complexity index is 839. The molecule has 0 aliphatic heterocycles. The molecule has 25 heavy (non-hydrogen) atoms. The van der Waals surface area contributed by atoms with Crippen molar-refractivity contribution in [1.82, 2.24) is 9.97 Å². The Hall–Kier alpha value is -2.16. The summed E-state index contributed by atoms with van der Waals surface area (Å²) < 4.78 is 5.68. The zero-order valence-electron chi connectivity index (χ0n) is 15.1. The lowest BCUT2D eigenvalue weighted by molar-refractivity contribution is 0.305. The molecule has 1 aliphatic rings. The Kier molecular flexibility index (Phi) is 4.56. The van der Waals surface area contributed by atoms with E-state index in [0.717, 1.165) is 23.5 Å². The first-order valence-corrected chi connectivity index (χ1v) is 9.48. The van der Waals surface area contributed by atoms with Crippen molar-refractivity contribution >= 4 is 10.9 Å². The highest BCUT2D eigenvalue weighted by Gasteiger charge is 2.25. The predicted molar refractivity (Wildman–Crippen MR) is 101 cm³/mol. The van der Waals surface area contributed by atoms with Gasteiger partial charge in [-0.3, -0.25) is 4.98 Å². The zero-order chi connectivity index (χ0) is 17.2. The van der Waals surface area contributed by atoms with E-state index in [4.69, 9.17) is 4.42 Å². The topological polar surface area (TPSA) is 38.9 Å². The van der Waals surface area contributed by atoms with E-state index in [-0.39, 0.29) is 0 Å². The van der Waals surface area contributed by atoms with Gasteiger partial charge in [-0.25, -0.2) is 4.98 Å². The second kappa shape index (κ2) is 6.99. The van der Waals surface area contributed by atoms with E-state index in [9.17, 15) is 0 Å². The third kappa shape index (κ3) is 3.46. The second-order valence-electron chi connectivity index (χ2n) is 7.66. The highest BCUT2D eigenvalue weighted by molar-refractivity contribution is 5.82. The molecule has 3 aromatic rings. The van der Waals surface area contributed by atoms with E-state index < -0.39 is 0 Å². The molecule has 0 N–H and O–H groups in total. The van der Waals surface area contributed by atoms with E-state index in [0.29, 0.717) is 17.8 Å². The van der Waals surface area contributed by atoms with Crippen LogP contribution in [0, 0.1) is 5.92 Å². The highest BCUT2D eigenvalue weighted by Crippen LogP contribution is 2.39. The maximum atomic E-state index is 5.68. The molecule has 1 aromatic carbocycles. The summed E-state index contributed by atoms with van der Waals surface area (Å²) in [4.78, 5) is 9.15. The second-order valence-corrected chi connectivity index (χ2v) is 7.66. The van der Waals surface area contributed by atoms with Crippen molar-refractivity contribution in [2.24, 2.45) is 5.92 Å². The van der Waals surface area contributed by atoms with Gasteiger partial charge in [0.15, 0.2) is 5.89 Å². The molecule has 130 valence electrons. The number of fused-ring (bicyclic) bond motifs is 1. The van der Waals surface area contributed by atoms with Crippen LogP contribution in [0.4, 0.5) is 0 Å². The van der Waals surface area contributed by atoms with Crippen LogP contribution in [0.3, 0.4) is 0 Å². The molecular weight excluding hydrogens is 308 g/mol. The van der Waals surface area contributed by atoms with Crippen molar-refractivity contribution < 1.29 is 4.42 Å². The summed E-state index contributed by atoms with van der Waals surface area (Å²) in [6.07, 6.45) is 9.77. The lowest BCUT2D eigenvalue weighted by Crippen LogP contribution is -2.16. The summed E-state index contributed by atoms with van der Waals surface area (Å²) in [6, 6.07) is 10.7. The Morgan fingerprint density at radius 2 is 1.88 bits per heavy atom. The number of rotatable bonds is 4. The summed E-state index contributed by atoms with van der Waals surface area (Å²) in [5.41, 5.74) is 3.66. The fourth-order valence-corrected chi connectivity index (χ4v) is 4.08. The fourth-order valence-electron chi connectivity index (χ4n) is 4.08. The Labute approximate surface area is 149 Å². The molecule has 0 saturated heterocycles. The first kappa shape index (κ1) is 16.3. The molecule has 2 heterocycles. The minimum atomic E-state index is 0.438. The van der Waals surface area contributed by atoms with Crippen molar-refractivity contribution in [3.8, 4) is 0 Å². The van der Waals surface area contributed by atoms with Crippen molar-refractivity contribution in [2.45, 2.75) is 57.8 Å². The van der Waals surface area contributed by atoms with Crippen LogP contribution in [0.15, 0.2) is 47.2 Å². The van der Waals surface area contributed by atoms with Gasteiger partial charge in [0.25, 0.3) is 0 Å². The third-order valence-electron chi connectivity index (χ3n) is 5.59. The zero-order valence-corrected chi connectivity index (χ0v) is 15.1. The summed E-state index contributed by atoms with van der Waals surface area (Å²) >= 11 is 0. The van der Waals surface area contributed by atoms with Crippen LogP contribution in [0.5, 0.6) is 0 Å². The predicted octanol–water partition coefficient (Wildman–Crippen LogP) is 5.86. The van der Waals surface area contributed by atoms with Crippen LogP contribution >= 0.6 is 0 Å². The molecule has 0 amide bonds. The molecule has 0 spiro atoms. The number of hydrogen-bond donors (Lipinski definition) is 0. The van der Waals surface area contributed by atoms with E-state index >= 15 is 0 Å². The van der Waals surface area contributed by atoms with Gasteiger partial charge < -0.3 is 4.42 Å². The monoisotopic (exact) mass is 334 g/mol. The molecule has 0 bridgehead atoms. The minimum Gasteiger partial charge on any atom is -0.449 e. The van der Waals surface area contributed by atoms with Crippen LogP contribution in [-0.4, -0.2) is 9.97 Å². The quantitative estimate of drug-likeness (QED) is 0.599. The summed E-state index contributed by atoms with van der Waals surface area (Å²) in [6.45, 7) is 4.32. The van der Waals surface area contributed by atoms with Gasteiger partial charge in [0, 0.05) is 18.0 Å². The Balaban J connectivity index is 1.42. The molecule has 0 radical (unpaired) electrons. The van der Waals surface area contributed by atoms with E-state index in [1.807, 2.05) is 12.5 Å². The largest absolute Gasteiger partial charge is 0.449 e. The van der Waals surface area contributed by atoms with Gasteiger partial charge in [-0.15, -0.1) is 0 Å². The van der Waals surface area contributed by atoms with Crippen LogP contribution in [0.25, 0.3) is 10.9 Å². The van der Waals surface area contributed by atoms with Gasteiger partial charge in [-0.2, -0.15) is 0 Å². The lowest BCUT2D eigenvalue weighted by atomic mass is 9.77. The van der Waals surface area contributed by atoms with Crippen LogP contribution in [0.1, 0.15) is 68.5 Å². The van der Waals surface area contributed by atoms with E-state index in [1.165, 1.54) is 36.6 Å². The third-order valence-corrected chi connectivity index (χ3v) is 5.59. The van der Waals surface area contributed by atoms with Crippen molar-refractivity contribution in [3.05, 3.63) is 59.9 Å². The molecule has 3 heteroatoms. The van der Waals surface area contributed by atoms with Gasteiger partial charge in [0.1, 0.15) is 6.26 Å². The maximum Gasteiger partial charge on any atom is 0.194 e. The Morgan fingerprint density at radius 3 is 2.64 bits per heavy atom. The van der Waals surface area contributed by atoms with Crippen LogP contribution < -0.4 is 0 Å². The first-order valence-electron chi connectivity index (χ1n) is 9.48. The number of nitrogens with zero attached hydrogens (tertiary/aromatic N) is 2. The average Bonchev–Trinajstić information content (AvgIpc) is 3.11. The summed E-state index contributed by atoms with van der Waals surface area (Å²) in [7, 11) is 0. The standard InChI is InChI=1S/C22H26N2O/c1-15(2)21-14-25-22(24-21)13-16-7-9-17(10-8-16)18-11-12-23-20-6-4-3-5-19(18)20/h3-6,11-12,14-17H,7-10,13H2,1-2H3. The smallest absolute Gasteiger partial charge is 0.194 e. The molecular formula is C22H26N2O. The molecule has 1 fully saturated rings. The van der Waals surface area contributed by atoms with Gasteiger partial charge in [-0.1, -0.05) is 32.0 Å². The molecule has 1 saturated carbocycles. The molecule has 2 aromatic heterocycles. The van der Waals surface area contributed by atoms with Gasteiger partial charge in [-0.05, 0) is 61.1 Å². The van der Waals surface area contributed by atoms with E-state index in [1.54, 1.807) is 0 Å². The van der Waals surface area contributed by atoms with Crippen LogP contribution in [-0.2, 0) is 6.42 Å². The van der Waals surface area contributed by atoms with Gasteiger partial charge >= 0.3 is 0 Å². The van der Waals surface area contributed by atoms with Crippen molar-refractivity contribution in [1.29, 1.82) is 0 Å². The molecule has 3 nitrogen and oxygen atoms in total. The average molecular weight is 334 g/mol. The number of oxazole rings is 1. The van der Waals surface area contributed by atoms with Gasteiger partial charge in [0.05, 0.1) is 11.2 Å². The number of para-hydroxylation sites is 1. The number of aromatic nitrogens is 2. The molecule has 0 unspecified atom stereocenters. The fraction of sp³-hybridized carbons (Fsp3) is 0.455. The summed E-state index contributed by atoms with van der Waals surface area (Å²) in [5, 5.41) is 1.32. The SMILES string of the molecule is CC(C)c1coc(CC2CCC(c3ccnc4ccccc34)CC2)n1.